The van der Waals surface area contributed by atoms with Gasteiger partial charge in [-0.3, -0.25) is 9.97 Å². The molecule has 46 heavy (non-hydrogen) atoms. The van der Waals surface area contributed by atoms with Gasteiger partial charge in [-0.2, -0.15) is 0 Å². The number of hydrogen-bond donors (Lipinski definition) is 1. The number of hydrogen-bond acceptors (Lipinski definition) is 9. The standard InChI is InChI=1S/C37H40N6OS2/c1-21(2)26-19-45-36-33(31-18-24-10-14-39-37(35(24)46-31)43-28-9-8-27-25(28)5-4-13-38-27)32(30-17-22(3)40-20-41-30)29(42-34(26)36)7-6-23-11-15-44-16-12-23/h4-5,10,13-14,17-18,20-21,23,26,28H,6-9,11-12,15-16,19H2,1-3H3,(H,39,43). The van der Waals surface area contributed by atoms with Crippen molar-refractivity contribution in [1.82, 2.24) is 24.9 Å². The molecule has 0 bridgehead atoms. The lowest BCUT2D eigenvalue weighted by Gasteiger charge is -2.24. The Bertz CT molecular complexity index is 1900. The van der Waals surface area contributed by atoms with E-state index in [0.717, 1.165) is 74.7 Å². The van der Waals surface area contributed by atoms with Gasteiger partial charge in [0.05, 0.1) is 27.8 Å². The number of thioether (sulfide) groups is 1. The first kappa shape index (κ1) is 30.0. The first-order chi connectivity index (χ1) is 22.5. The largest absolute Gasteiger partial charge is 0.381 e. The summed E-state index contributed by atoms with van der Waals surface area (Å²) in [6, 6.07) is 11.1. The van der Waals surface area contributed by atoms with Crippen molar-refractivity contribution in [3.8, 4) is 21.7 Å². The Balaban J connectivity index is 1.28. The first-order valence-electron chi connectivity index (χ1n) is 16.7. The maximum Gasteiger partial charge on any atom is 0.144 e. The van der Waals surface area contributed by atoms with E-state index in [1.807, 2.05) is 41.6 Å². The third-order valence-electron chi connectivity index (χ3n) is 9.97. The van der Waals surface area contributed by atoms with E-state index in [0.29, 0.717) is 17.8 Å². The lowest BCUT2D eigenvalue weighted by Crippen LogP contribution is -2.17. The highest BCUT2D eigenvalue weighted by molar-refractivity contribution is 7.99. The molecule has 0 saturated carbocycles. The molecule has 1 aliphatic carbocycles. The average molecular weight is 649 g/mol. The number of pyridine rings is 3. The fourth-order valence-electron chi connectivity index (χ4n) is 7.37. The zero-order valence-electron chi connectivity index (χ0n) is 26.8. The van der Waals surface area contributed by atoms with Crippen molar-refractivity contribution in [3.63, 3.8) is 0 Å². The second kappa shape index (κ2) is 12.7. The van der Waals surface area contributed by atoms with Gasteiger partial charge in [0.1, 0.15) is 12.1 Å². The Morgan fingerprint density at radius 1 is 1.00 bits per heavy atom. The number of nitrogens with zero attached hydrogens (tertiary/aromatic N) is 5. The lowest BCUT2D eigenvalue weighted by molar-refractivity contribution is 0.0639. The van der Waals surface area contributed by atoms with E-state index in [1.165, 1.54) is 53.6 Å². The Morgan fingerprint density at radius 3 is 2.74 bits per heavy atom. The van der Waals surface area contributed by atoms with Gasteiger partial charge in [-0.15, -0.1) is 23.1 Å². The van der Waals surface area contributed by atoms with Crippen molar-refractivity contribution in [1.29, 1.82) is 0 Å². The molecule has 1 N–H and O–H groups in total. The van der Waals surface area contributed by atoms with Gasteiger partial charge in [-0.25, -0.2) is 15.0 Å². The minimum Gasteiger partial charge on any atom is -0.381 e. The van der Waals surface area contributed by atoms with Crippen LogP contribution in [0.25, 0.3) is 31.8 Å². The zero-order valence-corrected chi connectivity index (χ0v) is 28.4. The van der Waals surface area contributed by atoms with Gasteiger partial charge in [0.25, 0.3) is 0 Å². The topological polar surface area (TPSA) is 85.7 Å². The van der Waals surface area contributed by atoms with E-state index in [1.54, 1.807) is 6.33 Å². The van der Waals surface area contributed by atoms with E-state index in [-0.39, 0.29) is 6.04 Å². The van der Waals surface area contributed by atoms with Crippen molar-refractivity contribution in [2.45, 2.75) is 76.2 Å². The highest BCUT2D eigenvalue weighted by atomic mass is 32.2. The summed E-state index contributed by atoms with van der Waals surface area (Å²) in [5.74, 6) is 3.64. The summed E-state index contributed by atoms with van der Waals surface area (Å²) in [4.78, 5) is 27.0. The Hall–Kier alpha value is -3.40. The smallest absolute Gasteiger partial charge is 0.144 e. The fraction of sp³-hybridized carbons (Fsp3) is 0.432. The van der Waals surface area contributed by atoms with E-state index < -0.39 is 0 Å². The molecule has 2 aliphatic heterocycles. The van der Waals surface area contributed by atoms with Crippen LogP contribution in [0.5, 0.6) is 0 Å². The molecule has 1 saturated heterocycles. The van der Waals surface area contributed by atoms with E-state index in [2.05, 4.69) is 60.3 Å². The quantitative estimate of drug-likeness (QED) is 0.179. The second-order valence-electron chi connectivity index (χ2n) is 13.3. The first-order valence-corrected chi connectivity index (χ1v) is 18.5. The SMILES string of the molecule is Cc1cc(-c2c(CCC3CCOCC3)nc3c(c2-c2cc4ccnc(NC5CCc6ncccc65)c4s2)SCC3C(C)C)ncn1. The van der Waals surface area contributed by atoms with Crippen molar-refractivity contribution >= 4 is 39.0 Å². The van der Waals surface area contributed by atoms with Gasteiger partial charge in [0, 0.05) is 69.6 Å². The predicted octanol–water partition coefficient (Wildman–Crippen LogP) is 8.82. The second-order valence-corrected chi connectivity index (χ2v) is 15.4. The molecule has 0 spiro atoms. The van der Waals surface area contributed by atoms with Crippen LogP contribution in [-0.2, 0) is 17.6 Å². The number of aryl methyl sites for hydroxylation is 3. The van der Waals surface area contributed by atoms with Crippen LogP contribution >= 0.6 is 23.1 Å². The van der Waals surface area contributed by atoms with Crippen LogP contribution in [0.2, 0.25) is 0 Å². The zero-order chi connectivity index (χ0) is 31.2. The van der Waals surface area contributed by atoms with Crippen molar-refractivity contribution in [2.75, 3.05) is 24.3 Å². The number of rotatable bonds is 8. The number of thiophene rings is 1. The molecule has 3 aliphatic rings. The number of ether oxygens (including phenoxy) is 1. The lowest BCUT2D eigenvalue weighted by atomic mass is 9.88. The van der Waals surface area contributed by atoms with Gasteiger partial charge in [0.15, 0.2) is 0 Å². The maximum absolute atomic E-state index is 5.69. The van der Waals surface area contributed by atoms with Crippen molar-refractivity contribution in [3.05, 3.63) is 77.4 Å². The molecule has 5 aromatic heterocycles. The third kappa shape index (κ3) is 5.60. The highest BCUT2D eigenvalue weighted by Gasteiger charge is 2.34. The van der Waals surface area contributed by atoms with Gasteiger partial charge >= 0.3 is 0 Å². The molecular weight excluding hydrogens is 609 g/mol. The number of nitrogens with one attached hydrogen (secondary N) is 1. The number of aromatic nitrogens is 5. The highest BCUT2D eigenvalue weighted by Crippen LogP contribution is 2.53. The van der Waals surface area contributed by atoms with Crippen LogP contribution in [0.1, 0.15) is 79.8 Å². The van der Waals surface area contributed by atoms with E-state index in [9.17, 15) is 0 Å². The van der Waals surface area contributed by atoms with E-state index in [4.69, 9.17) is 19.7 Å². The molecule has 1 fully saturated rings. The molecule has 236 valence electrons. The summed E-state index contributed by atoms with van der Waals surface area (Å²) in [7, 11) is 0. The molecule has 2 atom stereocenters. The molecule has 0 amide bonds. The van der Waals surface area contributed by atoms with Crippen LogP contribution in [0.4, 0.5) is 5.82 Å². The molecular formula is C37H40N6OS2. The minimum absolute atomic E-state index is 0.219. The molecule has 5 aromatic rings. The summed E-state index contributed by atoms with van der Waals surface area (Å²) >= 11 is 3.82. The molecule has 8 rings (SSSR count). The molecule has 2 unspecified atom stereocenters. The maximum atomic E-state index is 5.69. The number of anilines is 1. The summed E-state index contributed by atoms with van der Waals surface area (Å²) in [5, 5.41) is 5.02. The monoisotopic (exact) mass is 648 g/mol. The van der Waals surface area contributed by atoms with Crippen LogP contribution < -0.4 is 5.32 Å². The van der Waals surface area contributed by atoms with Gasteiger partial charge in [-0.05, 0) is 92.5 Å². The average Bonchev–Trinajstić information content (AvgIpc) is 3.81. The predicted molar refractivity (Wildman–Crippen MR) is 188 cm³/mol. The van der Waals surface area contributed by atoms with Crippen molar-refractivity contribution in [2.24, 2.45) is 11.8 Å². The molecule has 0 aromatic carbocycles. The molecule has 7 nitrogen and oxygen atoms in total. The Morgan fingerprint density at radius 2 is 1.89 bits per heavy atom. The Labute approximate surface area is 279 Å². The van der Waals surface area contributed by atoms with Gasteiger partial charge < -0.3 is 10.1 Å². The van der Waals surface area contributed by atoms with Crippen LogP contribution in [-0.4, -0.2) is 43.9 Å². The summed E-state index contributed by atoms with van der Waals surface area (Å²) in [6.07, 6.45) is 11.9. The summed E-state index contributed by atoms with van der Waals surface area (Å²) in [5.41, 5.74) is 9.35. The summed E-state index contributed by atoms with van der Waals surface area (Å²) in [6.45, 7) is 8.46. The minimum atomic E-state index is 0.219. The molecule has 9 heteroatoms. The molecule has 0 radical (unpaired) electrons. The van der Waals surface area contributed by atoms with Gasteiger partial charge in [-0.1, -0.05) is 19.9 Å². The van der Waals surface area contributed by atoms with Crippen LogP contribution in [0.3, 0.4) is 0 Å². The van der Waals surface area contributed by atoms with Crippen LogP contribution in [0, 0.1) is 18.8 Å². The van der Waals surface area contributed by atoms with Crippen LogP contribution in [0.15, 0.2) is 53.9 Å². The number of fused-ring (bicyclic) bond motifs is 3. The van der Waals surface area contributed by atoms with Gasteiger partial charge in [0.2, 0.25) is 0 Å². The fourth-order valence-corrected chi connectivity index (χ4v) is 10.2. The molecule has 7 heterocycles. The normalized spacial score (nSPS) is 19.6. The third-order valence-corrected chi connectivity index (χ3v) is 12.4. The Kier molecular flexibility index (Phi) is 8.25. The van der Waals surface area contributed by atoms with Crippen molar-refractivity contribution < 1.29 is 4.74 Å². The summed E-state index contributed by atoms with van der Waals surface area (Å²) < 4.78 is 6.88. The van der Waals surface area contributed by atoms with E-state index >= 15 is 0 Å².